The van der Waals surface area contributed by atoms with Gasteiger partial charge in [-0.3, -0.25) is 0 Å². The van der Waals surface area contributed by atoms with Crippen LogP contribution in [0.25, 0.3) is 21.8 Å². The van der Waals surface area contributed by atoms with Crippen LogP contribution in [0.1, 0.15) is 43.5 Å². The van der Waals surface area contributed by atoms with E-state index >= 15 is 0 Å². The van der Waals surface area contributed by atoms with E-state index in [1.807, 2.05) is 31.2 Å². The molecule has 0 unspecified atom stereocenters. The molecule has 6 heteroatoms. The summed E-state index contributed by atoms with van der Waals surface area (Å²) in [6, 6.07) is 20.1. The van der Waals surface area contributed by atoms with Gasteiger partial charge in [-0.2, -0.15) is 4.31 Å². The molecule has 0 bridgehead atoms. The summed E-state index contributed by atoms with van der Waals surface area (Å²) in [4.78, 5) is 5.12. The van der Waals surface area contributed by atoms with E-state index in [1.54, 1.807) is 23.5 Å². The van der Waals surface area contributed by atoms with Crippen LogP contribution in [0, 0.1) is 6.92 Å². The monoisotopic (exact) mass is 447 g/mol. The van der Waals surface area contributed by atoms with E-state index in [2.05, 4.69) is 28.8 Å². The van der Waals surface area contributed by atoms with Gasteiger partial charge in [-0.15, -0.1) is 0 Å². The lowest BCUT2D eigenvalue weighted by molar-refractivity contribution is 0.286. The quantitative estimate of drug-likeness (QED) is 0.406. The highest BCUT2D eigenvalue weighted by Crippen LogP contribution is 2.27. The Morgan fingerprint density at radius 2 is 1.62 bits per heavy atom. The largest absolute Gasteiger partial charge is 0.324 e. The van der Waals surface area contributed by atoms with Crippen LogP contribution >= 0.6 is 0 Å². The summed E-state index contributed by atoms with van der Waals surface area (Å²) in [6.07, 6.45) is 5.33. The highest BCUT2D eigenvalue weighted by molar-refractivity contribution is 7.89. The van der Waals surface area contributed by atoms with Crippen LogP contribution < -0.4 is 0 Å². The van der Waals surface area contributed by atoms with Crippen LogP contribution in [0.15, 0.2) is 65.6 Å². The second-order valence-electron chi connectivity index (χ2n) is 8.89. The van der Waals surface area contributed by atoms with Crippen LogP contribution in [0.3, 0.4) is 0 Å². The van der Waals surface area contributed by atoms with Crippen molar-refractivity contribution in [3.63, 3.8) is 0 Å². The van der Waals surface area contributed by atoms with E-state index in [9.17, 15) is 8.42 Å². The van der Waals surface area contributed by atoms with Crippen molar-refractivity contribution in [1.82, 2.24) is 13.9 Å². The fourth-order valence-corrected chi connectivity index (χ4v) is 6.30. The first-order valence-electron chi connectivity index (χ1n) is 11.4. The predicted molar refractivity (Wildman–Crippen MR) is 129 cm³/mol. The smallest absolute Gasteiger partial charge is 0.243 e. The normalized spacial score (nSPS) is 15.7. The van der Waals surface area contributed by atoms with Crippen molar-refractivity contribution in [2.24, 2.45) is 0 Å². The standard InChI is InChI=1S/C26H29N3O2S/c1-19-27-25-16-21-8-6-7-9-22(21)17-26(25)29(19)18-20-12-14-24(15-13-20)32(30,31)28(2)23-10-4-3-5-11-23/h6-9,12-17,23H,3-5,10-11,18H2,1-2H3. The Morgan fingerprint density at radius 3 is 2.31 bits per heavy atom. The second kappa shape index (κ2) is 8.34. The van der Waals surface area contributed by atoms with Gasteiger partial charge in [0.15, 0.2) is 0 Å². The molecule has 1 aromatic heterocycles. The number of fused-ring (bicyclic) bond motifs is 2. The molecule has 1 saturated carbocycles. The Balaban J connectivity index is 1.42. The minimum Gasteiger partial charge on any atom is -0.324 e. The van der Waals surface area contributed by atoms with Gasteiger partial charge in [-0.05, 0) is 60.4 Å². The number of aryl methyl sites for hydroxylation is 1. The van der Waals surface area contributed by atoms with E-state index < -0.39 is 10.0 Å². The van der Waals surface area contributed by atoms with Gasteiger partial charge in [-0.1, -0.05) is 55.7 Å². The molecule has 1 aliphatic rings. The summed E-state index contributed by atoms with van der Waals surface area (Å²) in [5.74, 6) is 0.948. The molecule has 1 aliphatic carbocycles. The SMILES string of the molecule is Cc1nc2cc3ccccc3cc2n1Cc1ccc(S(=O)(=O)N(C)C2CCCCC2)cc1. The van der Waals surface area contributed by atoms with Crippen LogP contribution in [-0.4, -0.2) is 35.4 Å². The minimum absolute atomic E-state index is 0.114. The van der Waals surface area contributed by atoms with E-state index in [0.717, 1.165) is 48.1 Å². The van der Waals surface area contributed by atoms with Crippen LogP contribution in [-0.2, 0) is 16.6 Å². The Kier molecular flexibility index (Phi) is 5.51. The van der Waals surface area contributed by atoms with Crippen molar-refractivity contribution in [2.75, 3.05) is 7.05 Å². The van der Waals surface area contributed by atoms with Crippen LogP contribution in [0.4, 0.5) is 0 Å². The molecule has 0 spiro atoms. The summed E-state index contributed by atoms with van der Waals surface area (Å²) in [5.41, 5.74) is 3.13. The first-order valence-corrected chi connectivity index (χ1v) is 12.8. The molecule has 0 saturated heterocycles. The summed E-state index contributed by atoms with van der Waals surface area (Å²) < 4.78 is 30.0. The summed E-state index contributed by atoms with van der Waals surface area (Å²) in [7, 11) is -1.74. The molecule has 0 N–H and O–H groups in total. The average molecular weight is 448 g/mol. The molecule has 5 rings (SSSR count). The third kappa shape index (κ3) is 3.82. The minimum atomic E-state index is -3.47. The first-order chi connectivity index (χ1) is 15.4. The lowest BCUT2D eigenvalue weighted by Crippen LogP contribution is -2.38. The Morgan fingerprint density at radius 1 is 0.969 bits per heavy atom. The molecule has 1 heterocycles. The van der Waals surface area contributed by atoms with E-state index in [4.69, 9.17) is 4.98 Å². The van der Waals surface area contributed by atoms with E-state index in [1.165, 1.54) is 17.2 Å². The highest BCUT2D eigenvalue weighted by atomic mass is 32.2. The van der Waals surface area contributed by atoms with Crippen molar-refractivity contribution in [3.05, 3.63) is 72.1 Å². The third-order valence-electron chi connectivity index (χ3n) is 6.84. The maximum atomic E-state index is 13.1. The topological polar surface area (TPSA) is 55.2 Å². The number of imidazole rings is 1. The summed E-state index contributed by atoms with van der Waals surface area (Å²) in [5, 5.41) is 2.37. The Bertz CT molecular complexity index is 1370. The molecule has 4 aromatic rings. The van der Waals surface area contributed by atoms with Gasteiger partial charge in [0, 0.05) is 19.6 Å². The molecule has 0 atom stereocenters. The van der Waals surface area contributed by atoms with Crippen molar-refractivity contribution in [2.45, 2.75) is 56.5 Å². The zero-order valence-corrected chi connectivity index (χ0v) is 19.5. The molecule has 0 aliphatic heterocycles. The molecule has 3 aromatic carbocycles. The number of aromatic nitrogens is 2. The van der Waals surface area contributed by atoms with Crippen molar-refractivity contribution < 1.29 is 8.42 Å². The molecular weight excluding hydrogens is 418 g/mol. The predicted octanol–water partition coefficient (Wildman–Crippen LogP) is 5.50. The number of benzene rings is 3. The first kappa shape index (κ1) is 21.2. The molecule has 5 nitrogen and oxygen atoms in total. The zero-order valence-electron chi connectivity index (χ0n) is 18.7. The number of sulfonamides is 1. The molecule has 32 heavy (non-hydrogen) atoms. The van der Waals surface area contributed by atoms with Crippen LogP contribution in [0.5, 0.6) is 0 Å². The average Bonchev–Trinajstić information content (AvgIpc) is 3.11. The van der Waals surface area contributed by atoms with Gasteiger partial charge in [0.25, 0.3) is 0 Å². The number of rotatable bonds is 5. The van der Waals surface area contributed by atoms with Gasteiger partial charge < -0.3 is 4.57 Å². The van der Waals surface area contributed by atoms with Crippen molar-refractivity contribution in [1.29, 1.82) is 0 Å². The van der Waals surface area contributed by atoms with Crippen molar-refractivity contribution in [3.8, 4) is 0 Å². The fraction of sp³-hybridized carbons (Fsp3) is 0.346. The lowest BCUT2D eigenvalue weighted by Gasteiger charge is -2.30. The van der Waals surface area contributed by atoms with Gasteiger partial charge in [0.1, 0.15) is 5.82 Å². The molecule has 166 valence electrons. The maximum absolute atomic E-state index is 13.1. The fourth-order valence-electron chi connectivity index (χ4n) is 4.89. The Hall–Kier alpha value is -2.70. The van der Waals surface area contributed by atoms with Crippen molar-refractivity contribution >= 4 is 31.8 Å². The Labute approximate surface area is 189 Å². The third-order valence-corrected chi connectivity index (χ3v) is 8.76. The van der Waals surface area contributed by atoms with E-state index in [0.29, 0.717) is 11.4 Å². The maximum Gasteiger partial charge on any atom is 0.243 e. The molecule has 0 amide bonds. The number of hydrogen-bond acceptors (Lipinski definition) is 3. The lowest BCUT2D eigenvalue weighted by atomic mass is 9.96. The zero-order chi connectivity index (χ0) is 22.3. The number of nitrogens with zero attached hydrogens (tertiary/aromatic N) is 3. The van der Waals surface area contributed by atoms with Crippen LogP contribution in [0.2, 0.25) is 0 Å². The molecule has 0 radical (unpaired) electrons. The second-order valence-corrected chi connectivity index (χ2v) is 10.9. The summed E-state index contributed by atoms with van der Waals surface area (Å²) >= 11 is 0. The van der Waals surface area contributed by atoms with Gasteiger partial charge in [-0.25, -0.2) is 13.4 Å². The molecular formula is C26H29N3O2S. The van der Waals surface area contributed by atoms with E-state index in [-0.39, 0.29) is 6.04 Å². The van der Waals surface area contributed by atoms with Gasteiger partial charge in [0.2, 0.25) is 10.0 Å². The number of hydrogen-bond donors (Lipinski definition) is 0. The molecule has 1 fully saturated rings. The van der Waals surface area contributed by atoms with Gasteiger partial charge >= 0.3 is 0 Å². The highest BCUT2D eigenvalue weighted by Gasteiger charge is 2.28. The van der Waals surface area contributed by atoms with Gasteiger partial charge in [0.05, 0.1) is 15.9 Å². The summed E-state index contributed by atoms with van der Waals surface area (Å²) in [6.45, 7) is 2.67.